The second-order valence-electron chi connectivity index (χ2n) is 7.64. The van der Waals surface area contributed by atoms with Crippen molar-refractivity contribution in [1.82, 2.24) is 10.6 Å². The largest absolute Gasteiger partial charge is 0.508 e. The van der Waals surface area contributed by atoms with E-state index in [-0.39, 0.29) is 17.6 Å². The number of phenolic OH excluding ortho intramolecular Hbond substituents is 1. The van der Waals surface area contributed by atoms with Gasteiger partial charge < -0.3 is 16.2 Å². The zero-order valence-corrected chi connectivity index (χ0v) is 17.9. The number of carbonyl (C=O) groups is 2. The number of hydrogen-bond donors (Lipinski definition) is 4. The normalized spacial score (nSPS) is 11.8. The fourth-order valence-corrected chi connectivity index (χ4v) is 3.57. The summed E-state index contributed by atoms with van der Waals surface area (Å²) in [6.45, 7) is 0.882. The predicted molar refractivity (Wildman–Crippen MR) is 125 cm³/mol. The lowest BCUT2D eigenvalue weighted by Gasteiger charge is -2.21. The van der Waals surface area contributed by atoms with Crippen LogP contribution in [0.3, 0.4) is 0 Å². The molecule has 0 heterocycles. The fourth-order valence-electron chi connectivity index (χ4n) is 3.57. The first kappa shape index (κ1) is 23.2. The SMILES string of the molecule is NCCC[C@@H](NCc1ccc(O)cc1)C(=O)NC(=O)C(c1ccccc1)c1ccccc1. The first-order chi connectivity index (χ1) is 15.6. The van der Waals surface area contributed by atoms with Gasteiger partial charge in [-0.25, -0.2) is 0 Å². The molecule has 0 aliphatic carbocycles. The van der Waals surface area contributed by atoms with Gasteiger partial charge in [0.05, 0.1) is 12.0 Å². The Morgan fingerprint density at radius 1 is 0.812 bits per heavy atom. The van der Waals surface area contributed by atoms with E-state index in [2.05, 4.69) is 10.6 Å². The molecule has 0 aromatic heterocycles. The third-order valence-corrected chi connectivity index (χ3v) is 5.28. The first-order valence-electron chi connectivity index (χ1n) is 10.7. The standard InChI is InChI=1S/C26H29N3O3/c27-17-7-12-23(28-18-19-13-15-22(30)16-14-19)25(31)29-26(32)24(20-8-3-1-4-9-20)21-10-5-2-6-11-21/h1-6,8-11,13-16,23-24,28,30H,7,12,17-18,27H2,(H,29,31,32)/t23-/m1/s1. The summed E-state index contributed by atoms with van der Waals surface area (Å²) in [7, 11) is 0. The number of nitrogens with one attached hydrogen (secondary N) is 2. The maximum absolute atomic E-state index is 13.2. The summed E-state index contributed by atoms with van der Waals surface area (Å²) in [5.41, 5.74) is 8.21. The van der Waals surface area contributed by atoms with Crippen LogP contribution >= 0.6 is 0 Å². The molecule has 2 amide bonds. The number of carbonyl (C=O) groups excluding carboxylic acids is 2. The zero-order valence-electron chi connectivity index (χ0n) is 17.9. The van der Waals surface area contributed by atoms with Crippen LogP contribution in [0.15, 0.2) is 84.9 Å². The number of imide groups is 1. The summed E-state index contributed by atoms with van der Waals surface area (Å²) in [5.74, 6) is -1.14. The number of hydrogen-bond acceptors (Lipinski definition) is 5. The van der Waals surface area contributed by atoms with E-state index in [4.69, 9.17) is 5.73 Å². The van der Waals surface area contributed by atoms with Crippen LogP contribution < -0.4 is 16.4 Å². The summed E-state index contributed by atoms with van der Waals surface area (Å²) in [6, 6.07) is 25.0. The Balaban J connectivity index is 1.73. The summed E-state index contributed by atoms with van der Waals surface area (Å²) in [4.78, 5) is 26.3. The summed E-state index contributed by atoms with van der Waals surface area (Å²) in [5, 5.41) is 15.3. The van der Waals surface area contributed by atoms with Crippen molar-refractivity contribution >= 4 is 11.8 Å². The van der Waals surface area contributed by atoms with E-state index in [1.165, 1.54) is 0 Å². The summed E-state index contributed by atoms with van der Waals surface area (Å²) < 4.78 is 0. The number of nitrogens with two attached hydrogens (primary N) is 1. The molecule has 3 aromatic rings. The molecule has 0 fully saturated rings. The van der Waals surface area contributed by atoms with Crippen LogP contribution in [0.1, 0.15) is 35.4 Å². The van der Waals surface area contributed by atoms with Crippen molar-refractivity contribution in [3.63, 3.8) is 0 Å². The van der Waals surface area contributed by atoms with E-state index in [9.17, 15) is 14.7 Å². The molecular formula is C26H29N3O3. The monoisotopic (exact) mass is 431 g/mol. The van der Waals surface area contributed by atoms with Crippen LogP contribution in [-0.2, 0) is 16.1 Å². The van der Waals surface area contributed by atoms with Crippen LogP contribution in [0, 0.1) is 0 Å². The van der Waals surface area contributed by atoms with Crippen molar-refractivity contribution in [1.29, 1.82) is 0 Å². The lowest BCUT2D eigenvalue weighted by atomic mass is 9.90. The molecule has 0 saturated carbocycles. The van der Waals surface area contributed by atoms with Crippen LogP contribution in [-0.4, -0.2) is 29.5 Å². The summed E-state index contributed by atoms with van der Waals surface area (Å²) >= 11 is 0. The maximum Gasteiger partial charge on any atom is 0.243 e. The summed E-state index contributed by atoms with van der Waals surface area (Å²) in [6.07, 6.45) is 1.16. The lowest BCUT2D eigenvalue weighted by Crippen LogP contribution is -2.47. The van der Waals surface area contributed by atoms with E-state index in [0.29, 0.717) is 25.9 Å². The van der Waals surface area contributed by atoms with Crippen LogP contribution in [0.25, 0.3) is 0 Å². The molecule has 0 bridgehead atoms. The maximum atomic E-state index is 13.2. The highest BCUT2D eigenvalue weighted by Gasteiger charge is 2.27. The Hall–Kier alpha value is -3.48. The van der Waals surface area contributed by atoms with Crippen molar-refractivity contribution in [3.8, 4) is 5.75 Å². The topological polar surface area (TPSA) is 104 Å². The molecule has 0 aliphatic rings. The fraction of sp³-hybridized carbons (Fsp3) is 0.231. The van der Waals surface area contributed by atoms with Gasteiger partial charge in [0.1, 0.15) is 5.75 Å². The predicted octanol–water partition coefficient (Wildman–Crippen LogP) is 3.06. The van der Waals surface area contributed by atoms with Gasteiger partial charge in [-0.05, 0) is 48.2 Å². The lowest BCUT2D eigenvalue weighted by molar-refractivity contribution is -0.132. The minimum atomic E-state index is -0.589. The molecule has 0 spiro atoms. The molecule has 6 nitrogen and oxygen atoms in total. The zero-order chi connectivity index (χ0) is 22.8. The van der Waals surface area contributed by atoms with Crippen molar-refractivity contribution in [2.75, 3.05) is 6.54 Å². The van der Waals surface area contributed by atoms with Crippen molar-refractivity contribution in [2.24, 2.45) is 5.73 Å². The van der Waals surface area contributed by atoms with E-state index in [1.54, 1.807) is 24.3 Å². The molecule has 0 aliphatic heterocycles. The van der Waals surface area contributed by atoms with Gasteiger partial charge in [-0.3, -0.25) is 14.9 Å². The van der Waals surface area contributed by atoms with Crippen molar-refractivity contribution in [3.05, 3.63) is 102 Å². The number of rotatable bonds is 10. The minimum absolute atomic E-state index is 0.185. The number of phenols is 1. The molecule has 0 saturated heterocycles. The Bertz CT molecular complexity index is 952. The minimum Gasteiger partial charge on any atom is -0.508 e. The van der Waals surface area contributed by atoms with Gasteiger partial charge in [-0.1, -0.05) is 72.8 Å². The molecule has 32 heavy (non-hydrogen) atoms. The molecule has 3 aromatic carbocycles. The average molecular weight is 432 g/mol. The molecule has 5 N–H and O–H groups in total. The van der Waals surface area contributed by atoms with Crippen molar-refractivity contribution < 1.29 is 14.7 Å². The Morgan fingerprint density at radius 2 is 1.38 bits per heavy atom. The van der Waals surface area contributed by atoms with Gasteiger partial charge in [0.25, 0.3) is 0 Å². The van der Waals surface area contributed by atoms with E-state index in [1.807, 2.05) is 60.7 Å². The van der Waals surface area contributed by atoms with Gasteiger partial charge in [0, 0.05) is 6.54 Å². The highest BCUT2D eigenvalue weighted by molar-refractivity contribution is 6.01. The van der Waals surface area contributed by atoms with Gasteiger partial charge in [-0.15, -0.1) is 0 Å². The van der Waals surface area contributed by atoms with E-state index >= 15 is 0 Å². The first-order valence-corrected chi connectivity index (χ1v) is 10.7. The van der Waals surface area contributed by atoms with Crippen LogP contribution in [0.4, 0.5) is 0 Å². The smallest absolute Gasteiger partial charge is 0.243 e. The van der Waals surface area contributed by atoms with E-state index < -0.39 is 12.0 Å². The Labute approximate surface area is 188 Å². The second-order valence-corrected chi connectivity index (χ2v) is 7.64. The van der Waals surface area contributed by atoms with Gasteiger partial charge >= 0.3 is 0 Å². The molecular weight excluding hydrogens is 402 g/mol. The highest BCUT2D eigenvalue weighted by atomic mass is 16.3. The van der Waals surface area contributed by atoms with Crippen molar-refractivity contribution in [2.45, 2.75) is 31.3 Å². The quantitative estimate of drug-likeness (QED) is 0.395. The molecule has 3 rings (SSSR count). The van der Waals surface area contributed by atoms with Gasteiger partial charge in [-0.2, -0.15) is 0 Å². The highest BCUT2D eigenvalue weighted by Crippen LogP contribution is 2.24. The number of amides is 2. The van der Waals surface area contributed by atoms with Gasteiger partial charge in [0.2, 0.25) is 11.8 Å². The molecule has 1 atom stereocenters. The molecule has 166 valence electrons. The Kier molecular flexibility index (Phi) is 8.54. The third kappa shape index (κ3) is 6.51. The molecule has 0 radical (unpaired) electrons. The van der Waals surface area contributed by atoms with E-state index in [0.717, 1.165) is 16.7 Å². The average Bonchev–Trinajstić information content (AvgIpc) is 2.81. The van der Waals surface area contributed by atoms with Gasteiger partial charge in [0.15, 0.2) is 0 Å². The Morgan fingerprint density at radius 3 is 1.91 bits per heavy atom. The van der Waals surface area contributed by atoms with Crippen LogP contribution in [0.5, 0.6) is 5.75 Å². The molecule has 0 unspecified atom stereocenters. The number of aromatic hydroxyl groups is 1. The van der Waals surface area contributed by atoms with Crippen LogP contribution in [0.2, 0.25) is 0 Å². The number of benzene rings is 3. The molecule has 6 heteroatoms. The second kappa shape index (κ2) is 11.8. The third-order valence-electron chi connectivity index (χ3n) is 5.28.